The fourth-order valence-electron chi connectivity index (χ4n) is 2.99. The molecule has 4 heteroatoms. The van der Waals surface area contributed by atoms with Gasteiger partial charge in [-0.25, -0.2) is 0 Å². The summed E-state index contributed by atoms with van der Waals surface area (Å²) in [5.41, 5.74) is 4.34. The number of unbranched alkanes of at least 4 members (excludes halogenated alkanes) is 1. The summed E-state index contributed by atoms with van der Waals surface area (Å²) >= 11 is 0. The predicted molar refractivity (Wildman–Crippen MR) is 107 cm³/mol. The van der Waals surface area contributed by atoms with Crippen LogP contribution in [0.1, 0.15) is 19.8 Å². The van der Waals surface area contributed by atoms with Crippen LogP contribution in [0.2, 0.25) is 0 Å². The van der Waals surface area contributed by atoms with Crippen molar-refractivity contribution in [1.82, 2.24) is 0 Å². The van der Waals surface area contributed by atoms with Crippen molar-refractivity contribution in [3.05, 3.63) is 82.9 Å². The van der Waals surface area contributed by atoms with Gasteiger partial charge in [-0.15, -0.1) is 0 Å². The number of benzene rings is 3. The maximum atomic E-state index is 11.8. The first kappa shape index (κ1) is 17.7. The molecule has 0 radical (unpaired) electrons. The zero-order valence-electron chi connectivity index (χ0n) is 14.8. The Kier molecular flexibility index (Phi) is 5.64. The van der Waals surface area contributed by atoms with Crippen LogP contribution in [0.5, 0.6) is 0 Å². The lowest BCUT2D eigenvalue weighted by molar-refractivity contribution is -0.383. The minimum absolute atomic E-state index is 0.112. The quantitative estimate of drug-likeness (QED) is 0.317. The minimum Gasteiger partial charge on any atom is -0.379 e. The van der Waals surface area contributed by atoms with Crippen molar-refractivity contribution in [2.45, 2.75) is 19.8 Å². The summed E-state index contributed by atoms with van der Waals surface area (Å²) in [6.45, 7) is 2.81. The third kappa shape index (κ3) is 3.91. The summed E-state index contributed by atoms with van der Waals surface area (Å²) < 4.78 is 0. The van der Waals surface area contributed by atoms with Crippen molar-refractivity contribution < 1.29 is 4.92 Å². The molecule has 26 heavy (non-hydrogen) atoms. The van der Waals surface area contributed by atoms with Gasteiger partial charge in [0.2, 0.25) is 0 Å². The molecule has 0 spiro atoms. The second kappa shape index (κ2) is 8.30. The van der Waals surface area contributed by atoms with E-state index >= 15 is 0 Å². The molecule has 4 nitrogen and oxygen atoms in total. The number of hydrogen-bond acceptors (Lipinski definition) is 3. The van der Waals surface area contributed by atoms with Crippen LogP contribution in [0.4, 0.5) is 11.4 Å². The molecule has 0 aromatic heterocycles. The van der Waals surface area contributed by atoms with E-state index in [0.29, 0.717) is 12.2 Å². The lowest BCUT2D eigenvalue weighted by Crippen LogP contribution is -2.06. The van der Waals surface area contributed by atoms with E-state index < -0.39 is 0 Å². The summed E-state index contributed by atoms with van der Waals surface area (Å²) in [6.07, 6.45) is 2.00. The van der Waals surface area contributed by atoms with Crippen molar-refractivity contribution in [3.8, 4) is 22.3 Å². The van der Waals surface area contributed by atoms with Gasteiger partial charge in [0.25, 0.3) is 5.69 Å². The van der Waals surface area contributed by atoms with E-state index in [1.807, 2.05) is 66.7 Å². The maximum absolute atomic E-state index is 11.8. The van der Waals surface area contributed by atoms with Gasteiger partial charge in [-0.3, -0.25) is 10.1 Å². The molecular weight excluding hydrogens is 324 g/mol. The Morgan fingerprint density at radius 1 is 0.885 bits per heavy atom. The molecule has 0 heterocycles. The number of hydrogen-bond donors (Lipinski definition) is 1. The zero-order chi connectivity index (χ0) is 18.4. The van der Waals surface area contributed by atoms with Crippen molar-refractivity contribution in [1.29, 1.82) is 0 Å². The standard InChI is InChI=1S/C22H22N2O2/c1-2-3-14-23-22-20(18-12-8-5-9-13-18)15-19(16-21(22)24(25)26)17-10-6-4-7-11-17/h4-13,15-16,23H,2-3,14H2,1H3. The van der Waals surface area contributed by atoms with Crippen molar-refractivity contribution >= 4 is 11.4 Å². The molecule has 0 aliphatic heterocycles. The Balaban J connectivity index is 2.19. The molecule has 0 bridgehead atoms. The zero-order valence-corrected chi connectivity index (χ0v) is 14.8. The molecule has 0 atom stereocenters. The van der Waals surface area contributed by atoms with E-state index in [4.69, 9.17) is 0 Å². The average Bonchev–Trinajstić information content (AvgIpc) is 2.69. The van der Waals surface area contributed by atoms with E-state index in [2.05, 4.69) is 12.2 Å². The van der Waals surface area contributed by atoms with Gasteiger partial charge in [0.15, 0.2) is 0 Å². The Bertz CT molecular complexity index is 877. The third-order valence-corrected chi connectivity index (χ3v) is 4.34. The molecule has 0 saturated heterocycles. The molecule has 132 valence electrons. The van der Waals surface area contributed by atoms with Crippen LogP contribution in [-0.2, 0) is 0 Å². The van der Waals surface area contributed by atoms with Crippen LogP contribution in [0.15, 0.2) is 72.8 Å². The van der Waals surface area contributed by atoms with Crippen LogP contribution in [0, 0.1) is 10.1 Å². The molecule has 3 aromatic carbocycles. The Morgan fingerprint density at radius 3 is 2.08 bits per heavy atom. The summed E-state index contributed by atoms with van der Waals surface area (Å²) in [7, 11) is 0. The SMILES string of the molecule is CCCCNc1c(-c2ccccc2)cc(-c2ccccc2)cc1[N+](=O)[O-]. The Labute approximate surface area is 153 Å². The first-order chi connectivity index (χ1) is 12.7. The van der Waals surface area contributed by atoms with Gasteiger partial charge >= 0.3 is 0 Å². The van der Waals surface area contributed by atoms with Crippen LogP contribution in [0.3, 0.4) is 0 Å². The van der Waals surface area contributed by atoms with E-state index in [0.717, 1.165) is 35.1 Å². The highest BCUT2D eigenvalue weighted by Gasteiger charge is 2.21. The second-order valence-electron chi connectivity index (χ2n) is 6.19. The first-order valence-corrected chi connectivity index (χ1v) is 8.88. The summed E-state index contributed by atoms with van der Waals surface area (Å²) in [5, 5.41) is 15.1. The number of nitro groups is 1. The van der Waals surface area contributed by atoms with Crippen molar-refractivity contribution in [3.63, 3.8) is 0 Å². The summed E-state index contributed by atoms with van der Waals surface area (Å²) in [6, 6.07) is 23.3. The molecule has 1 N–H and O–H groups in total. The lowest BCUT2D eigenvalue weighted by atomic mass is 9.96. The van der Waals surface area contributed by atoms with Crippen LogP contribution < -0.4 is 5.32 Å². The van der Waals surface area contributed by atoms with Gasteiger partial charge in [-0.05, 0) is 29.2 Å². The molecule has 0 saturated carbocycles. The maximum Gasteiger partial charge on any atom is 0.293 e. The molecule has 3 aromatic rings. The molecule has 0 amide bonds. The van der Waals surface area contributed by atoms with Crippen LogP contribution in [-0.4, -0.2) is 11.5 Å². The topological polar surface area (TPSA) is 55.2 Å². The average molecular weight is 346 g/mol. The van der Waals surface area contributed by atoms with Gasteiger partial charge in [0.05, 0.1) is 4.92 Å². The number of nitrogens with one attached hydrogen (secondary N) is 1. The molecular formula is C22H22N2O2. The van der Waals surface area contributed by atoms with Gasteiger partial charge in [-0.1, -0.05) is 74.0 Å². The highest BCUT2D eigenvalue weighted by Crippen LogP contribution is 2.40. The van der Waals surface area contributed by atoms with Crippen molar-refractivity contribution in [2.24, 2.45) is 0 Å². The van der Waals surface area contributed by atoms with E-state index in [-0.39, 0.29) is 10.6 Å². The molecule has 0 aliphatic carbocycles. The Morgan fingerprint density at radius 2 is 1.50 bits per heavy atom. The second-order valence-corrected chi connectivity index (χ2v) is 6.19. The minimum atomic E-state index is -0.298. The van der Waals surface area contributed by atoms with Crippen LogP contribution in [0.25, 0.3) is 22.3 Å². The predicted octanol–water partition coefficient (Wildman–Crippen LogP) is 6.14. The van der Waals surface area contributed by atoms with Crippen LogP contribution >= 0.6 is 0 Å². The number of nitro benzene ring substituents is 1. The summed E-state index contributed by atoms with van der Waals surface area (Å²) in [5.74, 6) is 0. The highest BCUT2D eigenvalue weighted by atomic mass is 16.6. The number of rotatable bonds is 7. The molecule has 0 aliphatic rings. The van der Waals surface area contributed by atoms with Gasteiger partial charge < -0.3 is 5.32 Å². The first-order valence-electron chi connectivity index (χ1n) is 8.88. The summed E-state index contributed by atoms with van der Waals surface area (Å²) in [4.78, 5) is 11.5. The fourth-order valence-corrected chi connectivity index (χ4v) is 2.99. The number of nitrogens with zero attached hydrogens (tertiary/aromatic N) is 1. The lowest BCUT2D eigenvalue weighted by Gasteiger charge is -2.15. The monoisotopic (exact) mass is 346 g/mol. The van der Waals surface area contributed by atoms with E-state index in [9.17, 15) is 10.1 Å². The normalized spacial score (nSPS) is 10.5. The molecule has 3 rings (SSSR count). The highest BCUT2D eigenvalue weighted by molar-refractivity contribution is 5.89. The van der Waals surface area contributed by atoms with Gasteiger partial charge in [0, 0.05) is 18.2 Å². The third-order valence-electron chi connectivity index (χ3n) is 4.34. The molecule has 0 unspecified atom stereocenters. The van der Waals surface area contributed by atoms with Crippen molar-refractivity contribution in [2.75, 3.05) is 11.9 Å². The van der Waals surface area contributed by atoms with Gasteiger partial charge in [-0.2, -0.15) is 0 Å². The smallest absolute Gasteiger partial charge is 0.293 e. The van der Waals surface area contributed by atoms with E-state index in [1.54, 1.807) is 6.07 Å². The Hall–Kier alpha value is -3.14. The fraction of sp³-hybridized carbons (Fsp3) is 0.182. The van der Waals surface area contributed by atoms with E-state index in [1.165, 1.54) is 0 Å². The molecule has 0 fully saturated rings. The largest absolute Gasteiger partial charge is 0.379 e. The number of anilines is 1. The van der Waals surface area contributed by atoms with Gasteiger partial charge in [0.1, 0.15) is 5.69 Å².